The Labute approximate surface area is 218 Å². The van der Waals surface area contributed by atoms with E-state index in [0.717, 1.165) is 30.3 Å². The molecule has 2 aromatic heterocycles. The van der Waals surface area contributed by atoms with Crippen LogP contribution in [0.1, 0.15) is 36.9 Å². The van der Waals surface area contributed by atoms with Crippen LogP contribution in [0.3, 0.4) is 0 Å². The van der Waals surface area contributed by atoms with Gasteiger partial charge in [0.05, 0.1) is 17.1 Å². The zero-order chi connectivity index (χ0) is 26.2. The van der Waals surface area contributed by atoms with Crippen molar-refractivity contribution in [2.45, 2.75) is 49.6 Å². The van der Waals surface area contributed by atoms with Crippen molar-refractivity contribution in [2.24, 2.45) is 0 Å². The zero-order valence-corrected chi connectivity index (χ0v) is 21.4. The monoisotopic (exact) mass is 537 g/mol. The SMILES string of the molecule is Cc1[nH]nc2nc(-c3ccc(NS(=O)(=O)c4cc(Cl)ccc4C#N)cc3)nc(NC3CCCC(O)C3)c12. The lowest BCUT2D eigenvalue weighted by Crippen LogP contribution is -2.30. The highest BCUT2D eigenvalue weighted by atomic mass is 35.5. The summed E-state index contributed by atoms with van der Waals surface area (Å²) in [6.07, 6.45) is 2.99. The molecule has 0 bridgehead atoms. The van der Waals surface area contributed by atoms with Crippen molar-refractivity contribution in [3.05, 3.63) is 58.7 Å². The Morgan fingerprint density at radius 3 is 2.68 bits per heavy atom. The van der Waals surface area contributed by atoms with Crippen LogP contribution in [-0.4, -0.2) is 45.8 Å². The Morgan fingerprint density at radius 1 is 1.16 bits per heavy atom. The summed E-state index contributed by atoms with van der Waals surface area (Å²) >= 11 is 5.96. The molecule has 2 aromatic carbocycles. The normalized spacial score (nSPS) is 17.9. The molecule has 2 unspecified atom stereocenters. The molecule has 2 heterocycles. The Morgan fingerprint density at radius 2 is 1.95 bits per heavy atom. The maximum Gasteiger partial charge on any atom is 0.263 e. The molecular formula is C25H24ClN7O3S. The van der Waals surface area contributed by atoms with Gasteiger partial charge in [-0.05, 0) is 75.1 Å². The summed E-state index contributed by atoms with van der Waals surface area (Å²) in [5.74, 6) is 1.06. The molecule has 5 rings (SSSR count). The molecule has 0 aliphatic heterocycles. The molecule has 190 valence electrons. The van der Waals surface area contributed by atoms with Crippen LogP contribution < -0.4 is 10.0 Å². The minimum absolute atomic E-state index is 0.00460. The standard InChI is InChI=1S/C25H24ClN7O3S/c1-14-22-24(28-19-3-2-4-20(34)12-19)29-23(30-25(22)32-31-14)15-6-9-18(10-7-15)33-37(35,36)21-11-17(26)8-5-16(21)13-27/h5-11,19-20,33-34H,2-4,12H2,1H3,(H2,28,29,30,31,32). The number of aryl methyl sites for hydroxylation is 1. The molecule has 37 heavy (non-hydrogen) atoms. The smallest absolute Gasteiger partial charge is 0.263 e. The number of hydrogen-bond donors (Lipinski definition) is 4. The van der Waals surface area contributed by atoms with E-state index in [1.54, 1.807) is 24.3 Å². The number of anilines is 2. The fourth-order valence-corrected chi connectivity index (χ4v) is 5.98. The van der Waals surface area contributed by atoms with Gasteiger partial charge in [0.15, 0.2) is 11.5 Å². The largest absolute Gasteiger partial charge is 0.393 e. The second-order valence-electron chi connectivity index (χ2n) is 9.04. The van der Waals surface area contributed by atoms with Crippen LogP contribution in [0.25, 0.3) is 22.4 Å². The first-order chi connectivity index (χ1) is 17.7. The molecule has 4 N–H and O–H groups in total. The van der Waals surface area contributed by atoms with Crippen molar-refractivity contribution < 1.29 is 13.5 Å². The number of aromatic amines is 1. The van der Waals surface area contributed by atoms with Gasteiger partial charge < -0.3 is 10.4 Å². The van der Waals surface area contributed by atoms with E-state index in [1.165, 1.54) is 18.2 Å². The summed E-state index contributed by atoms with van der Waals surface area (Å²) in [7, 11) is -4.04. The highest BCUT2D eigenvalue weighted by Gasteiger charge is 2.23. The third-order valence-corrected chi connectivity index (χ3v) is 7.99. The number of halogens is 1. The predicted molar refractivity (Wildman–Crippen MR) is 141 cm³/mol. The second kappa shape index (κ2) is 9.97. The molecule has 2 atom stereocenters. The van der Waals surface area contributed by atoms with Gasteiger partial charge in [0.25, 0.3) is 10.0 Å². The van der Waals surface area contributed by atoms with E-state index in [2.05, 4.69) is 25.2 Å². The van der Waals surface area contributed by atoms with Gasteiger partial charge in [0.2, 0.25) is 0 Å². The van der Waals surface area contributed by atoms with E-state index in [-0.39, 0.29) is 27.6 Å². The topological polar surface area (TPSA) is 157 Å². The Kier molecular flexibility index (Phi) is 6.72. The van der Waals surface area contributed by atoms with E-state index in [4.69, 9.17) is 16.6 Å². The number of aromatic nitrogens is 4. The van der Waals surface area contributed by atoms with Gasteiger partial charge in [-0.25, -0.2) is 18.4 Å². The minimum atomic E-state index is -4.04. The number of sulfonamides is 1. The molecule has 0 amide bonds. The molecule has 1 saturated carbocycles. The van der Waals surface area contributed by atoms with E-state index in [9.17, 15) is 18.8 Å². The maximum absolute atomic E-state index is 12.9. The van der Waals surface area contributed by atoms with Gasteiger partial charge in [-0.2, -0.15) is 10.4 Å². The lowest BCUT2D eigenvalue weighted by atomic mass is 9.93. The van der Waals surface area contributed by atoms with Gasteiger partial charge in [-0.1, -0.05) is 11.6 Å². The van der Waals surface area contributed by atoms with Gasteiger partial charge in [0.1, 0.15) is 16.8 Å². The molecule has 1 aliphatic rings. The van der Waals surface area contributed by atoms with Crippen LogP contribution in [0.2, 0.25) is 5.02 Å². The molecule has 12 heteroatoms. The summed E-state index contributed by atoms with van der Waals surface area (Å²) in [5.41, 5.74) is 2.31. The molecule has 10 nitrogen and oxygen atoms in total. The number of aliphatic hydroxyl groups excluding tert-OH is 1. The number of hydrogen-bond acceptors (Lipinski definition) is 8. The third kappa shape index (κ3) is 5.22. The molecular weight excluding hydrogens is 514 g/mol. The van der Waals surface area contributed by atoms with E-state index >= 15 is 0 Å². The van der Waals surface area contributed by atoms with Crippen molar-refractivity contribution >= 4 is 44.2 Å². The van der Waals surface area contributed by atoms with Crippen molar-refractivity contribution in [1.29, 1.82) is 5.26 Å². The van der Waals surface area contributed by atoms with Crippen LogP contribution >= 0.6 is 11.6 Å². The number of rotatable bonds is 6. The van der Waals surface area contributed by atoms with Crippen LogP contribution in [0.4, 0.5) is 11.5 Å². The van der Waals surface area contributed by atoms with Crippen LogP contribution in [0.15, 0.2) is 47.4 Å². The molecule has 4 aromatic rings. The number of nitrogens with one attached hydrogen (secondary N) is 3. The Bertz CT molecular complexity index is 1610. The summed E-state index contributed by atoms with van der Waals surface area (Å²) in [6.45, 7) is 1.90. The fourth-order valence-electron chi connectivity index (χ4n) is 4.50. The van der Waals surface area contributed by atoms with Gasteiger partial charge >= 0.3 is 0 Å². The molecule has 0 spiro atoms. The fraction of sp³-hybridized carbons (Fsp3) is 0.280. The first kappa shape index (κ1) is 25.0. The molecule has 0 saturated heterocycles. The van der Waals surface area contributed by atoms with Crippen LogP contribution in [-0.2, 0) is 10.0 Å². The predicted octanol–water partition coefficient (Wildman–Crippen LogP) is 4.37. The molecule has 0 radical (unpaired) electrons. The zero-order valence-electron chi connectivity index (χ0n) is 19.9. The van der Waals surface area contributed by atoms with Gasteiger partial charge in [-0.15, -0.1) is 0 Å². The van der Waals surface area contributed by atoms with Crippen molar-refractivity contribution in [3.8, 4) is 17.5 Å². The Balaban J connectivity index is 1.43. The number of nitrogens with zero attached hydrogens (tertiary/aromatic N) is 4. The average molecular weight is 538 g/mol. The van der Waals surface area contributed by atoms with Crippen LogP contribution in [0, 0.1) is 18.3 Å². The Hall–Kier alpha value is -3.72. The van der Waals surface area contributed by atoms with Crippen LogP contribution in [0.5, 0.6) is 0 Å². The number of nitriles is 1. The van der Waals surface area contributed by atoms with Crippen molar-refractivity contribution in [1.82, 2.24) is 20.2 Å². The summed E-state index contributed by atoms with van der Waals surface area (Å²) < 4.78 is 28.3. The van der Waals surface area contributed by atoms with Gasteiger partial charge in [-0.3, -0.25) is 9.82 Å². The quantitative estimate of drug-likeness (QED) is 0.282. The van der Waals surface area contributed by atoms with E-state index < -0.39 is 10.0 Å². The number of aliphatic hydroxyl groups is 1. The maximum atomic E-state index is 12.9. The molecule has 1 fully saturated rings. The van der Waals surface area contributed by atoms with Crippen molar-refractivity contribution in [2.75, 3.05) is 10.0 Å². The first-order valence-corrected chi connectivity index (χ1v) is 13.6. The van der Waals surface area contributed by atoms with Gasteiger partial charge in [0, 0.05) is 28.0 Å². The number of benzene rings is 2. The number of fused-ring (bicyclic) bond motifs is 1. The minimum Gasteiger partial charge on any atom is -0.393 e. The van der Waals surface area contributed by atoms with Crippen molar-refractivity contribution in [3.63, 3.8) is 0 Å². The summed E-state index contributed by atoms with van der Waals surface area (Å²) in [4.78, 5) is 9.14. The molecule has 1 aliphatic carbocycles. The summed E-state index contributed by atoms with van der Waals surface area (Å²) in [5, 5.41) is 31.1. The lowest BCUT2D eigenvalue weighted by Gasteiger charge is -2.27. The third-order valence-electron chi connectivity index (χ3n) is 6.33. The highest BCUT2D eigenvalue weighted by molar-refractivity contribution is 7.92. The average Bonchev–Trinajstić information content (AvgIpc) is 3.25. The van der Waals surface area contributed by atoms with E-state index in [1.807, 2.05) is 13.0 Å². The highest BCUT2D eigenvalue weighted by Crippen LogP contribution is 2.30. The lowest BCUT2D eigenvalue weighted by molar-refractivity contribution is 0.124. The first-order valence-electron chi connectivity index (χ1n) is 11.7. The summed E-state index contributed by atoms with van der Waals surface area (Å²) in [6, 6.07) is 12.6. The number of H-pyrrole nitrogens is 1. The van der Waals surface area contributed by atoms with E-state index in [0.29, 0.717) is 35.0 Å². The second-order valence-corrected chi connectivity index (χ2v) is 11.1.